The Morgan fingerprint density at radius 2 is 1.39 bits per heavy atom. The molecule has 134 valence electrons. The maximum atomic E-state index is 4.54. The zero-order valence-corrected chi connectivity index (χ0v) is 15.9. The predicted molar refractivity (Wildman–Crippen MR) is 104 cm³/mol. The molecule has 0 aromatic heterocycles. The van der Waals surface area contributed by atoms with E-state index in [0.29, 0.717) is 0 Å². The molecule has 1 aliphatic heterocycles. The summed E-state index contributed by atoms with van der Waals surface area (Å²) in [6, 6.07) is 0. The molecule has 0 amide bonds. The first-order valence-electron chi connectivity index (χ1n) is 10.2. The number of hydrogen-bond acceptors (Lipinski definition) is 2. The molecule has 0 bridgehead atoms. The van der Waals surface area contributed by atoms with E-state index in [1.54, 1.807) is 0 Å². The van der Waals surface area contributed by atoms with Crippen molar-refractivity contribution in [2.75, 3.05) is 20.1 Å². The monoisotopic (exact) mass is 320 g/mol. The van der Waals surface area contributed by atoms with Crippen molar-refractivity contribution in [1.29, 1.82) is 0 Å². The molecule has 0 saturated carbocycles. The normalized spacial score (nSPS) is 14.9. The molecule has 0 unspecified atom stereocenters. The van der Waals surface area contributed by atoms with Gasteiger partial charge in [0.2, 0.25) is 0 Å². The van der Waals surface area contributed by atoms with E-state index in [4.69, 9.17) is 0 Å². The molecule has 0 aromatic carbocycles. The Bertz CT molecular complexity index is 320. The molecular weight excluding hydrogens is 280 g/mol. The number of hydrogen-bond donors (Lipinski definition) is 0. The molecule has 23 heavy (non-hydrogen) atoms. The molecule has 0 saturated heterocycles. The van der Waals surface area contributed by atoms with Crippen molar-refractivity contribution in [3.05, 3.63) is 12.2 Å². The molecule has 1 heterocycles. The van der Waals surface area contributed by atoms with Gasteiger partial charge in [0.15, 0.2) is 0 Å². The quantitative estimate of drug-likeness (QED) is 0.253. The van der Waals surface area contributed by atoms with Gasteiger partial charge in [0.1, 0.15) is 0 Å². The van der Waals surface area contributed by atoms with Crippen molar-refractivity contribution in [2.45, 2.75) is 96.8 Å². The van der Waals surface area contributed by atoms with Crippen LogP contribution in [0.15, 0.2) is 17.1 Å². The van der Waals surface area contributed by atoms with E-state index in [1.807, 2.05) is 0 Å². The lowest BCUT2D eigenvalue weighted by Gasteiger charge is -2.12. The van der Waals surface area contributed by atoms with Crippen LogP contribution in [0.25, 0.3) is 0 Å². The maximum absolute atomic E-state index is 4.54. The lowest BCUT2D eigenvalue weighted by atomic mass is 10.1. The van der Waals surface area contributed by atoms with E-state index in [-0.39, 0.29) is 0 Å². The predicted octanol–water partition coefficient (Wildman–Crippen LogP) is 6.37. The summed E-state index contributed by atoms with van der Waals surface area (Å²) in [5.41, 5.74) is 0. The van der Waals surface area contributed by atoms with Crippen LogP contribution in [0.1, 0.15) is 96.8 Å². The first-order chi connectivity index (χ1) is 11.3. The number of amidine groups is 1. The minimum absolute atomic E-state index is 1.00. The second-order valence-corrected chi connectivity index (χ2v) is 7.05. The van der Waals surface area contributed by atoms with Crippen LogP contribution in [0.2, 0.25) is 0 Å². The third kappa shape index (κ3) is 11.4. The second kappa shape index (κ2) is 14.8. The Hall–Kier alpha value is -0.790. The molecule has 2 nitrogen and oxygen atoms in total. The van der Waals surface area contributed by atoms with Crippen LogP contribution < -0.4 is 0 Å². The Balaban J connectivity index is 1.77. The second-order valence-electron chi connectivity index (χ2n) is 7.05. The van der Waals surface area contributed by atoms with E-state index < -0.39 is 0 Å². The average molecular weight is 321 g/mol. The third-order valence-electron chi connectivity index (χ3n) is 4.83. The minimum atomic E-state index is 1.00. The van der Waals surface area contributed by atoms with Gasteiger partial charge in [0.25, 0.3) is 0 Å². The van der Waals surface area contributed by atoms with Gasteiger partial charge in [-0.15, -0.1) is 0 Å². The van der Waals surface area contributed by atoms with E-state index in [9.17, 15) is 0 Å². The van der Waals surface area contributed by atoms with E-state index >= 15 is 0 Å². The summed E-state index contributed by atoms with van der Waals surface area (Å²) in [5.74, 6) is 1.32. The fourth-order valence-electron chi connectivity index (χ4n) is 3.20. The number of allylic oxidation sites excluding steroid dienone is 2. The molecule has 0 fully saturated rings. The summed E-state index contributed by atoms with van der Waals surface area (Å²) < 4.78 is 0. The highest BCUT2D eigenvalue weighted by atomic mass is 15.2. The van der Waals surface area contributed by atoms with Gasteiger partial charge in [0, 0.05) is 20.0 Å². The highest BCUT2D eigenvalue weighted by Gasteiger charge is 2.10. The van der Waals surface area contributed by atoms with Crippen LogP contribution in [0.4, 0.5) is 0 Å². The van der Waals surface area contributed by atoms with Gasteiger partial charge >= 0.3 is 0 Å². The first-order valence-corrected chi connectivity index (χ1v) is 10.2. The van der Waals surface area contributed by atoms with Crippen molar-refractivity contribution < 1.29 is 0 Å². The van der Waals surface area contributed by atoms with Crippen LogP contribution in [-0.4, -0.2) is 30.9 Å². The van der Waals surface area contributed by atoms with Crippen LogP contribution >= 0.6 is 0 Å². The molecule has 1 aliphatic rings. The van der Waals surface area contributed by atoms with Gasteiger partial charge in [-0.3, -0.25) is 4.99 Å². The van der Waals surface area contributed by atoms with Gasteiger partial charge in [-0.1, -0.05) is 70.4 Å². The maximum Gasteiger partial charge on any atom is 0.0987 e. The highest BCUT2D eigenvalue weighted by molar-refractivity contribution is 5.83. The molecule has 0 aromatic rings. The van der Waals surface area contributed by atoms with Crippen LogP contribution in [0.3, 0.4) is 0 Å². The van der Waals surface area contributed by atoms with Crippen LogP contribution in [-0.2, 0) is 0 Å². The van der Waals surface area contributed by atoms with Crippen molar-refractivity contribution >= 4 is 5.84 Å². The fraction of sp³-hybridized carbons (Fsp3) is 0.857. The summed E-state index contributed by atoms with van der Waals surface area (Å²) in [5, 5.41) is 0. The summed E-state index contributed by atoms with van der Waals surface area (Å²) >= 11 is 0. The number of rotatable bonds is 15. The third-order valence-corrected chi connectivity index (χ3v) is 4.83. The molecule has 0 aliphatic carbocycles. The Morgan fingerprint density at radius 1 is 0.826 bits per heavy atom. The first kappa shape index (κ1) is 20.3. The standard InChI is InChI=1S/C21H40N2/c1-3-4-5-6-7-8-9-10-11-12-13-14-15-16-17-18-21-22-19-20-23(21)2/h13-14H,3-12,15-20H2,1-2H3/b14-13-. The van der Waals surface area contributed by atoms with Gasteiger partial charge in [0.05, 0.1) is 12.4 Å². The van der Waals surface area contributed by atoms with E-state index in [1.165, 1.54) is 95.7 Å². The van der Waals surface area contributed by atoms with Gasteiger partial charge in [-0.25, -0.2) is 0 Å². The number of unbranched alkanes of at least 4 members (excludes halogenated alkanes) is 11. The Labute approximate surface area is 145 Å². The molecule has 0 spiro atoms. The zero-order chi connectivity index (χ0) is 16.6. The minimum Gasteiger partial charge on any atom is -0.362 e. The smallest absolute Gasteiger partial charge is 0.0987 e. The summed E-state index contributed by atoms with van der Waals surface area (Å²) in [7, 11) is 2.16. The molecule has 1 rings (SSSR count). The molecule has 2 heteroatoms. The van der Waals surface area contributed by atoms with Gasteiger partial charge in [-0.05, 0) is 32.1 Å². The molecular formula is C21H40N2. The highest BCUT2D eigenvalue weighted by Crippen LogP contribution is 2.11. The Morgan fingerprint density at radius 3 is 1.96 bits per heavy atom. The summed E-state index contributed by atoms with van der Waals surface area (Å²) in [6.45, 7) is 4.41. The number of aliphatic imine (C=N–C) groups is 1. The molecule has 0 atom stereocenters. The van der Waals surface area contributed by atoms with Crippen molar-refractivity contribution in [1.82, 2.24) is 4.90 Å². The van der Waals surface area contributed by atoms with Gasteiger partial charge < -0.3 is 4.90 Å². The Kier molecular flexibility index (Phi) is 13.0. The largest absolute Gasteiger partial charge is 0.362 e. The van der Waals surface area contributed by atoms with Crippen molar-refractivity contribution in [2.24, 2.45) is 4.99 Å². The fourth-order valence-corrected chi connectivity index (χ4v) is 3.20. The van der Waals surface area contributed by atoms with E-state index in [2.05, 4.69) is 36.0 Å². The lowest BCUT2D eigenvalue weighted by molar-refractivity contribution is 0.540. The van der Waals surface area contributed by atoms with Gasteiger partial charge in [-0.2, -0.15) is 0 Å². The summed E-state index contributed by atoms with van der Waals surface area (Å²) in [4.78, 5) is 6.85. The molecule has 0 radical (unpaired) electrons. The number of nitrogens with zero attached hydrogens (tertiary/aromatic N) is 2. The van der Waals surface area contributed by atoms with Crippen LogP contribution in [0.5, 0.6) is 0 Å². The average Bonchev–Trinajstić information content (AvgIpc) is 2.96. The summed E-state index contributed by atoms with van der Waals surface area (Å²) in [6.07, 6.45) is 23.9. The SMILES string of the molecule is CCCCCCCCCCC/C=C\CCCCC1=NCCN1C. The molecule has 0 N–H and O–H groups in total. The zero-order valence-electron chi connectivity index (χ0n) is 15.9. The van der Waals surface area contributed by atoms with E-state index in [0.717, 1.165) is 13.1 Å². The topological polar surface area (TPSA) is 15.6 Å². The lowest BCUT2D eigenvalue weighted by Crippen LogP contribution is -2.22. The van der Waals surface area contributed by atoms with Crippen molar-refractivity contribution in [3.63, 3.8) is 0 Å². The number of likely N-dealkylation sites (N-methyl/N-ethyl adjacent to an activating group) is 1. The van der Waals surface area contributed by atoms with Crippen molar-refractivity contribution in [3.8, 4) is 0 Å². The van der Waals surface area contributed by atoms with Crippen LogP contribution in [0, 0.1) is 0 Å².